The fourth-order valence-electron chi connectivity index (χ4n) is 1.74. The number of hydrogen-bond donors (Lipinski definition) is 2. The molecule has 2 N–H and O–H groups in total. The van der Waals surface area contributed by atoms with E-state index in [1.54, 1.807) is 13.1 Å². The van der Waals surface area contributed by atoms with Crippen LogP contribution in [-0.4, -0.2) is 27.1 Å². The first-order chi connectivity index (χ1) is 7.55. The number of sulfone groups is 1. The van der Waals surface area contributed by atoms with Gasteiger partial charge in [0, 0.05) is 0 Å². The van der Waals surface area contributed by atoms with Crippen molar-refractivity contribution < 1.29 is 13.5 Å². The summed E-state index contributed by atoms with van der Waals surface area (Å²) in [5.74, 6) is 0.0834. The largest absolute Gasteiger partial charge is 0.508 e. The maximum absolute atomic E-state index is 12.0. The van der Waals surface area contributed by atoms with E-state index < -0.39 is 9.84 Å². The van der Waals surface area contributed by atoms with E-state index in [0.717, 1.165) is 0 Å². The molecule has 0 saturated carbocycles. The lowest BCUT2D eigenvalue weighted by atomic mass is 10.2. The minimum atomic E-state index is -3.33. The minimum absolute atomic E-state index is 0.0834. The molecule has 0 atom stereocenters. The fraction of sp³-hybridized carbons (Fsp3) is 0.273. The molecule has 4 nitrogen and oxygen atoms in total. The van der Waals surface area contributed by atoms with Gasteiger partial charge in [0.15, 0.2) is 0 Å². The summed E-state index contributed by atoms with van der Waals surface area (Å²) in [5, 5.41) is 12.2. The highest BCUT2D eigenvalue weighted by Gasteiger charge is 2.28. The predicted octanol–water partition coefficient (Wildman–Crippen LogP) is 1.13. The highest BCUT2D eigenvalue weighted by atomic mass is 32.2. The molecule has 1 aliphatic rings. The molecule has 0 unspecified atom stereocenters. The van der Waals surface area contributed by atoms with Crippen LogP contribution in [0.1, 0.15) is 12.0 Å². The molecular formula is C11H13NO3S. The van der Waals surface area contributed by atoms with Crippen molar-refractivity contribution in [3.63, 3.8) is 0 Å². The summed E-state index contributed by atoms with van der Waals surface area (Å²) in [6, 6.07) is 4.31. The van der Waals surface area contributed by atoms with Crippen LogP contribution in [0.25, 0.3) is 6.08 Å². The van der Waals surface area contributed by atoms with Crippen LogP contribution in [0.5, 0.6) is 5.75 Å². The lowest BCUT2D eigenvalue weighted by molar-refractivity contribution is 0.474. The molecule has 0 fully saturated rings. The Morgan fingerprint density at radius 2 is 2.12 bits per heavy atom. The van der Waals surface area contributed by atoms with Crippen LogP contribution in [0.2, 0.25) is 0 Å². The van der Waals surface area contributed by atoms with Crippen molar-refractivity contribution in [2.24, 2.45) is 0 Å². The Morgan fingerprint density at radius 1 is 1.38 bits per heavy atom. The van der Waals surface area contributed by atoms with Gasteiger partial charge in [-0.3, -0.25) is 0 Å². The maximum Gasteiger partial charge on any atom is 0.203 e. The van der Waals surface area contributed by atoms with Crippen molar-refractivity contribution in [2.75, 3.05) is 13.6 Å². The van der Waals surface area contributed by atoms with E-state index in [2.05, 4.69) is 5.32 Å². The first kappa shape index (κ1) is 11.2. The number of hydrogen-bond acceptors (Lipinski definition) is 4. The standard InChI is InChI=1S/C11H13NO3S/c1-12-5-4-10-7-8-6-9(13)2-3-11(8)16(10,14)15/h2-3,6-7,12-13H,4-5H2,1H3. The Kier molecular flexibility index (Phi) is 2.73. The monoisotopic (exact) mass is 239 g/mol. The molecule has 2 rings (SSSR count). The molecule has 0 aliphatic carbocycles. The predicted molar refractivity (Wildman–Crippen MR) is 61.8 cm³/mol. The van der Waals surface area contributed by atoms with Crippen molar-refractivity contribution in [3.8, 4) is 5.75 Å². The molecule has 0 spiro atoms. The molecule has 1 aromatic carbocycles. The molecule has 1 aliphatic heterocycles. The van der Waals surface area contributed by atoms with Crippen molar-refractivity contribution in [3.05, 3.63) is 28.7 Å². The van der Waals surface area contributed by atoms with Crippen LogP contribution in [0.4, 0.5) is 0 Å². The summed E-state index contributed by atoms with van der Waals surface area (Å²) < 4.78 is 24.0. The topological polar surface area (TPSA) is 66.4 Å². The first-order valence-corrected chi connectivity index (χ1v) is 6.47. The number of nitrogens with one attached hydrogen (secondary N) is 1. The van der Waals surface area contributed by atoms with E-state index in [0.29, 0.717) is 23.4 Å². The van der Waals surface area contributed by atoms with Crippen molar-refractivity contribution >= 4 is 15.9 Å². The average Bonchev–Trinajstić information content (AvgIpc) is 2.47. The Hall–Kier alpha value is -1.33. The normalized spacial score (nSPS) is 16.9. The maximum atomic E-state index is 12.0. The van der Waals surface area contributed by atoms with Gasteiger partial charge < -0.3 is 10.4 Å². The van der Waals surface area contributed by atoms with Crippen LogP contribution in [-0.2, 0) is 9.84 Å². The van der Waals surface area contributed by atoms with Gasteiger partial charge in [-0.25, -0.2) is 8.42 Å². The zero-order valence-electron chi connectivity index (χ0n) is 8.90. The fourth-order valence-corrected chi connectivity index (χ4v) is 3.35. The Labute approximate surface area is 94.5 Å². The van der Waals surface area contributed by atoms with Crippen molar-refractivity contribution in [1.82, 2.24) is 5.32 Å². The molecule has 86 valence electrons. The number of phenolic OH excluding ortho intramolecular Hbond substituents is 1. The minimum Gasteiger partial charge on any atom is -0.508 e. The summed E-state index contributed by atoms with van der Waals surface area (Å²) in [6.45, 7) is 0.616. The third-order valence-corrected chi connectivity index (χ3v) is 4.53. The van der Waals surface area contributed by atoms with Gasteiger partial charge in [-0.15, -0.1) is 0 Å². The van der Waals surface area contributed by atoms with Gasteiger partial charge in [-0.05, 0) is 49.9 Å². The van der Waals surface area contributed by atoms with Gasteiger partial charge >= 0.3 is 0 Å². The average molecular weight is 239 g/mol. The van der Waals surface area contributed by atoms with Crippen molar-refractivity contribution in [2.45, 2.75) is 11.3 Å². The van der Waals surface area contributed by atoms with E-state index in [4.69, 9.17) is 0 Å². The molecule has 1 heterocycles. The van der Waals surface area contributed by atoms with Gasteiger partial charge in [0.25, 0.3) is 0 Å². The SMILES string of the molecule is CNCCC1=Cc2cc(O)ccc2S1(=O)=O. The van der Waals surface area contributed by atoms with Gasteiger partial charge in [-0.1, -0.05) is 0 Å². The van der Waals surface area contributed by atoms with E-state index in [9.17, 15) is 13.5 Å². The molecule has 0 amide bonds. The first-order valence-electron chi connectivity index (χ1n) is 4.99. The van der Waals surface area contributed by atoms with E-state index in [-0.39, 0.29) is 10.6 Å². The quantitative estimate of drug-likeness (QED) is 0.829. The second-order valence-electron chi connectivity index (χ2n) is 3.69. The summed E-state index contributed by atoms with van der Waals surface area (Å²) >= 11 is 0. The molecular weight excluding hydrogens is 226 g/mol. The number of phenols is 1. The van der Waals surface area contributed by atoms with Crippen LogP contribution in [0.15, 0.2) is 28.0 Å². The third kappa shape index (κ3) is 1.72. The number of fused-ring (bicyclic) bond motifs is 1. The lowest BCUT2D eigenvalue weighted by Gasteiger charge is -2.03. The Morgan fingerprint density at radius 3 is 2.81 bits per heavy atom. The van der Waals surface area contributed by atoms with Crippen LogP contribution < -0.4 is 5.32 Å². The third-order valence-electron chi connectivity index (χ3n) is 2.57. The highest BCUT2D eigenvalue weighted by molar-refractivity contribution is 7.95. The molecule has 5 heteroatoms. The number of aromatic hydroxyl groups is 1. The second-order valence-corrected chi connectivity index (χ2v) is 5.66. The van der Waals surface area contributed by atoms with Crippen LogP contribution >= 0.6 is 0 Å². The van der Waals surface area contributed by atoms with Crippen LogP contribution in [0.3, 0.4) is 0 Å². The summed E-state index contributed by atoms with van der Waals surface area (Å²) in [7, 11) is -1.55. The summed E-state index contributed by atoms with van der Waals surface area (Å²) in [4.78, 5) is 0.693. The van der Waals surface area contributed by atoms with E-state index >= 15 is 0 Å². The van der Waals surface area contributed by atoms with Gasteiger partial charge in [0.1, 0.15) is 5.75 Å². The molecule has 0 bridgehead atoms. The zero-order valence-corrected chi connectivity index (χ0v) is 9.71. The zero-order chi connectivity index (χ0) is 11.8. The molecule has 16 heavy (non-hydrogen) atoms. The second kappa shape index (κ2) is 3.92. The molecule has 1 aromatic rings. The van der Waals surface area contributed by atoms with Crippen molar-refractivity contribution in [1.29, 1.82) is 0 Å². The summed E-state index contributed by atoms with van der Waals surface area (Å²) in [6.07, 6.45) is 2.09. The van der Waals surface area contributed by atoms with E-state index in [1.165, 1.54) is 18.2 Å². The smallest absolute Gasteiger partial charge is 0.203 e. The number of benzene rings is 1. The molecule has 0 saturated heterocycles. The Bertz CT molecular complexity index is 546. The molecule has 0 radical (unpaired) electrons. The molecule has 0 aromatic heterocycles. The lowest BCUT2D eigenvalue weighted by Crippen LogP contribution is -2.11. The summed E-state index contributed by atoms with van der Waals surface area (Å²) in [5.41, 5.74) is 0.575. The van der Waals surface area contributed by atoms with Gasteiger partial charge in [0.05, 0.1) is 9.80 Å². The highest BCUT2D eigenvalue weighted by Crippen LogP contribution is 2.35. The van der Waals surface area contributed by atoms with Gasteiger partial charge in [0.2, 0.25) is 9.84 Å². The van der Waals surface area contributed by atoms with Gasteiger partial charge in [-0.2, -0.15) is 0 Å². The van der Waals surface area contributed by atoms with E-state index in [1.807, 2.05) is 0 Å². The number of rotatable bonds is 3. The van der Waals surface area contributed by atoms with Crippen LogP contribution in [0, 0.1) is 0 Å². The Balaban J connectivity index is 2.44.